The van der Waals surface area contributed by atoms with E-state index in [4.69, 9.17) is 13.9 Å². The molecule has 0 saturated heterocycles. The molecule has 2 atom stereocenters. The normalized spacial score (nSPS) is 23.4. The van der Waals surface area contributed by atoms with Crippen molar-refractivity contribution in [2.75, 3.05) is 0 Å². The van der Waals surface area contributed by atoms with Gasteiger partial charge in [-0.25, -0.2) is 4.79 Å². The summed E-state index contributed by atoms with van der Waals surface area (Å²) in [6.07, 6.45) is 2.97. The second kappa shape index (κ2) is 6.11. The van der Waals surface area contributed by atoms with E-state index < -0.39 is 5.63 Å². The summed E-state index contributed by atoms with van der Waals surface area (Å²) < 4.78 is 18.1. The molecule has 2 aliphatic rings. The average Bonchev–Trinajstić information content (AvgIpc) is 2.58. The standard InChI is InChI=1S/C22H26O5/c1-6-7-13-10-15(23)26-21-16(13)20-14(8-9-22(4,5)27-20)19-17(21)18(24)11(2)12(3)25-19/h10-12H,6-9H2,1-5H3/t11-,12+/m1/s1. The van der Waals surface area contributed by atoms with Crippen LogP contribution in [0.1, 0.15) is 68.9 Å². The quantitative estimate of drug-likeness (QED) is 0.731. The van der Waals surface area contributed by atoms with Gasteiger partial charge in [0, 0.05) is 11.6 Å². The van der Waals surface area contributed by atoms with Crippen molar-refractivity contribution in [1.29, 1.82) is 0 Å². The van der Waals surface area contributed by atoms with Crippen LogP contribution in [-0.4, -0.2) is 17.5 Å². The summed E-state index contributed by atoms with van der Waals surface area (Å²) in [4.78, 5) is 25.4. The lowest BCUT2D eigenvalue weighted by molar-refractivity contribution is 0.0690. The van der Waals surface area contributed by atoms with Crippen LogP contribution in [-0.2, 0) is 12.8 Å². The smallest absolute Gasteiger partial charge is 0.336 e. The monoisotopic (exact) mass is 370 g/mol. The first-order chi connectivity index (χ1) is 12.7. The van der Waals surface area contributed by atoms with Crippen molar-refractivity contribution < 1.29 is 18.7 Å². The van der Waals surface area contributed by atoms with Gasteiger partial charge >= 0.3 is 5.63 Å². The predicted octanol–water partition coefficient (Wildman–Crippen LogP) is 4.45. The number of hydrogen-bond donors (Lipinski definition) is 0. The molecule has 5 nitrogen and oxygen atoms in total. The number of fused-ring (bicyclic) bond motifs is 6. The topological polar surface area (TPSA) is 65.7 Å². The minimum Gasteiger partial charge on any atom is -0.489 e. The Bertz CT molecular complexity index is 998. The number of aryl methyl sites for hydroxylation is 1. The van der Waals surface area contributed by atoms with Gasteiger partial charge in [0.05, 0.1) is 11.3 Å². The summed E-state index contributed by atoms with van der Waals surface area (Å²) in [6, 6.07) is 1.53. The zero-order chi connectivity index (χ0) is 19.5. The number of ether oxygens (including phenoxy) is 2. The predicted molar refractivity (Wildman–Crippen MR) is 103 cm³/mol. The molecule has 0 unspecified atom stereocenters. The van der Waals surface area contributed by atoms with Crippen LogP contribution in [0.5, 0.6) is 11.5 Å². The van der Waals surface area contributed by atoms with Gasteiger partial charge in [-0.05, 0) is 45.6 Å². The molecule has 2 aliphatic heterocycles. The van der Waals surface area contributed by atoms with Crippen LogP contribution in [0.2, 0.25) is 0 Å². The molecule has 1 aromatic carbocycles. The lowest BCUT2D eigenvalue weighted by atomic mass is 9.84. The SMILES string of the molecule is CCCc1cc(=O)oc2c3c(c4c(c12)OC(C)(C)CC4)O[C@@H](C)[C@@H](C)C3=O. The Kier molecular flexibility index (Phi) is 4.09. The molecule has 27 heavy (non-hydrogen) atoms. The van der Waals surface area contributed by atoms with E-state index in [1.165, 1.54) is 6.07 Å². The van der Waals surface area contributed by atoms with Crippen LogP contribution >= 0.6 is 0 Å². The van der Waals surface area contributed by atoms with Gasteiger partial charge in [0.1, 0.15) is 28.8 Å². The molecular weight excluding hydrogens is 344 g/mol. The van der Waals surface area contributed by atoms with Crippen molar-refractivity contribution in [2.45, 2.75) is 72.0 Å². The number of Topliss-reactive ketones (excluding diaryl/α,β-unsaturated/α-hetero) is 1. The fourth-order valence-electron chi connectivity index (χ4n) is 4.12. The van der Waals surface area contributed by atoms with E-state index >= 15 is 0 Å². The van der Waals surface area contributed by atoms with Crippen molar-refractivity contribution in [1.82, 2.24) is 0 Å². The zero-order valence-electron chi connectivity index (χ0n) is 16.6. The summed E-state index contributed by atoms with van der Waals surface area (Å²) in [5.74, 6) is 0.931. The van der Waals surface area contributed by atoms with Crippen molar-refractivity contribution in [2.24, 2.45) is 5.92 Å². The molecule has 0 saturated carbocycles. The van der Waals surface area contributed by atoms with Crippen molar-refractivity contribution in [3.8, 4) is 11.5 Å². The van der Waals surface area contributed by atoms with Crippen LogP contribution < -0.4 is 15.1 Å². The molecule has 0 radical (unpaired) electrons. The first-order valence-corrected chi connectivity index (χ1v) is 9.79. The van der Waals surface area contributed by atoms with Gasteiger partial charge in [0.15, 0.2) is 11.4 Å². The fraction of sp³-hybridized carbons (Fsp3) is 0.545. The molecule has 2 aromatic rings. The van der Waals surface area contributed by atoms with E-state index in [0.717, 1.165) is 42.2 Å². The maximum atomic E-state index is 13.2. The Morgan fingerprint density at radius 3 is 2.63 bits per heavy atom. The molecule has 1 aromatic heterocycles. The molecular formula is C22H26O5. The first kappa shape index (κ1) is 18.1. The Hall–Kier alpha value is -2.30. The van der Waals surface area contributed by atoms with Crippen molar-refractivity contribution in [3.63, 3.8) is 0 Å². The number of benzene rings is 1. The van der Waals surface area contributed by atoms with Crippen LogP contribution in [0.3, 0.4) is 0 Å². The largest absolute Gasteiger partial charge is 0.489 e. The summed E-state index contributed by atoms with van der Waals surface area (Å²) in [6.45, 7) is 9.93. The lowest BCUT2D eigenvalue weighted by Gasteiger charge is -2.37. The summed E-state index contributed by atoms with van der Waals surface area (Å²) >= 11 is 0. The van der Waals surface area contributed by atoms with Crippen LogP contribution in [0.15, 0.2) is 15.3 Å². The van der Waals surface area contributed by atoms with Gasteiger partial charge in [-0.2, -0.15) is 0 Å². The highest BCUT2D eigenvalue weighted by atomic mass is 16.5. The number of ketones is 1. The summed E-state index contributed by atoms with van der Waals surface area (Å²) in [5.41, 5.74) is 1.76. The second-order valence-corrected chi connectivity index (χ2v) is 8.39. The van der Waals surface area contributed by atoms with Crippen molar-refractivity contribution >= 4 is 16.8 Å². The van der Waals surface area contributed by atoms with E-state index in [-0.39, 0.29) is 23.4 Å². The van der Waals surface area contributed by atoms with E-state index in [0.29, 0.717) is 22.6 Å². The fourth-order valence-corrected chi connectivity index (χ4v) is 4.12. The van der Waals surface area contributed by atoms with Crippen LogP contribution in [0.25, 0.3) is 11.0 Å². The van der Waals surface area contributed by atoms with Crippen LogP contribution in [0, 0.1) is 5.92 Å². The Morgan fingerprint density at radius 2 is 1.93 bits per heavy atom. The van der Waals surface area contributed by atoms with Gasteiger partial charge in [0.2, 0.25) is 0 Å². The molecule has 4 rings (SSSR count). The third kappa shape index (κ3) is 2.75. The Morgan fingerprint density at radius 1 is 1.19 bits per heavy atom. The lowest BCUT2D eigenvalue weighted by Crippen LogP contribution is -2.37. The van der Waals surface area contributed by atoms with Gasteiger partial charge in [0.25, 0.3) is 0 Å². The minimum absolute atomic E-state index is 0.0295. The Labute approximate surface area is 158 Å². The number of rotatable bonds is 2. The maximum Gasteiger partial charge on any atom is 0.336 e. The Balaban J connectivity index is 2.15. The summed E-state index contributed by atoms with van der Waals surface area (Å²) in [5, 5.41) is 0.761. The molecule has 5 heteroatoms. The average molecular weight is 370 g/mol. The second-order valence-electron chi connectivity index (χ2n) is 8.39. The molecule has 0 aliphatic carbocycles. The van der Waals surface area contributed by atoms with E-state index in [1.54, 1.807) is 0 Å². The van der Waals surface area contributed by atoms with Gasteiger partial charge < -0.3 is 13.9 Å². The molecule has 0 fully saturated rings. The number of carbonyl (C=O) groups excluding carboxylic acids is 1. The molecule has 144 valence electrons. The van der Waals surface area contributed by atoms with E-state index in [2.05, 4.69) is 20.8 Å². The van der Waals surface area contributed by atoms with Gasteiger partial charge in [-0.1, -0.05) is 20.3 Å². The van der Waals surface area contributed by atoms with Crippen molar-refractivity contribution in [3.05, 3.63) is 33.2 Å². The van der Waals surface area contributed by atoms with Gasteiger partial charge in [-0.3, -0.25) is 4.79 Å². The highest BCUT2D eigenvalue weighted by Gasteiger charge is 2.40. The zero-order valence-corrected chi connectivity index (χ0v) is 16.6. The highest BCUT2D eigenvalue weighted by molar-refractivity contribution is 6.13. The third-order valence-electron chi connectivity index (χ3n) is 5.81. The molecule has 0 bridgehead atoms. The van der Waals surface area contributed by atoms with E-state index in [9.17, 15) is 9.59 Å². The first-order valence-electron chi connectivity index (χ1n) is 9.79. The van der Waals surface area contributed by atoms with Crippen LogP contribution in [0.4, 0.5) is 0 Å². The summed E-state index contributed by atoms with van der Waals surface area (Å²) in [7, 11) is 0. The number of carbonyl (C=O) groups is 1. The van der Waals surface area contributed by atoms with Gasteiger partial charge in [-0.15, -0.1) is 0 Å². The third-order valence-corrected chi connectivity index (χ3v) is 5.81. The number of hydrogen-bond acceptors (Lipinski definition) is 5. The minimum atomic E-state index is -0.442. The molecule has 0 amide bonds. The van der Waals surface area contributed by atoms with E-state index in [1.807, 2.05) is 13.8 Å². The highest BCUT2D eigenvalue weighted by Crippen LogP contribution is 2.49. The molecule has 3 heterocycles. The maximum absolute atomic E-state index is 13.2. The molecule has 0 N–H and O–H groups in total. The molecule has 0 spiro atoms.